The predicted molar refractivity (Wildman–Crippen MR) is 91.3 cm³/mol. The average molecular weight is 364 g/mol. The summed E-state index contributed by atoms with van der Waals surface area (Å²) in [5.41, 5.74) is -0.0632. The molecule has 0 saturated heterocycles. The molecule has 0 unspecified atom stereocenters. The van der Waals surface area contributed by atoms with Crippen molar-refractivity contribution in [1.82, 2.24) is 0 Å². The van der Waals surface area contributed by atoms with Gasteiger partial charge in [-0.15, -0.1) is 0 Å². The first-order valence-electron chi connectivity index (χ1n) is 7.64. The number of carbonyl (C=O) groups excluding carboxylic acids is 2. The Morgan fingerprint density at radius 3 is 2.08 bits per heavy atom. The molecule has 0 aromatic heterocycles. The van der Waals surface area contributed by atoms with Gasteiger partial charge in [0.25, 0.3) is 0 Å². The molecule has 0 fully saturated rings. The van der Waals surface area contributed by atoms with Gasteiger partial charge < -0.3 is 8.85 Å². The molecule has 2 aromatic carbocycles. The summed E-state index contributed by atoms with van der Waals surface area (Å²) in [6, 6.07) is 10.1. The zero-order valence-electron chi connectivity index (χ0n) is 14.1. The van der Waals surface area contributed by atoms with Gasteiger partial charge in [-0.3, -0.25) is 9.59 Å². The summed E-state index contributed by atoms with van der Waals surface area (Å²) in [5, 5.41) is -0.283. The van der Waals surface area contributed by atoms with Gasteiger partial charge in [-0.2, -0.15) is 0 Å². The summed E-state index contributed by atoms with van der Waals surface area (Å²) in [6.07, 6.45) is 0. The molecule has 0 spiro atoms. The number of benzene rings is 2. The SMILES string of the molecule is CC[Si](OC)(OC)c1c(C(=O)C(=O)c2ccccc2)ccc(F)c1F. The van der Waals surface area contributed by atoms with E-state index in [1.54, 1.807) is 25.1 Å². The van der Waals surface area contributed by atoms with Crippen LogP contribution in [0.15, 0.2) is 42.5 Å². The van der Waals surface area contributed by atoms with E-state index in [1.165, 1.54) is 26.4 Å². The molecule has 0 aliphatic carbocycles. The van der Waals surface area contributed by atoms with Crippen molar-refractivity contribution in [2.45, 2.75) is 13.0 Å². The van der Waals surface area contributed by atoms with Crippen LogP contribution in [0, 0.1) is 11.6 Å². The highest BCUT2D eigenvalue weighted by Gasteiger charge is 2.43. The van der Waals surface area contributed by atoms with Crippen LogP contribution in [-0.2, 0) is 8.85 Å². The van der Waals surface area contributed by atoms with E-state index in [9.17, 15) is 18.4 Å². The molecule has 132 valence electrons. The minimum Gasteiger partial charge on any atom is -0.394 e. The minimum absolute atomic E-state index is 0.168. The number of hydrogen-bond acceptors (Lipinski definition) is 4. The number of carbonyl (C=O) groups is 2. The van der Waals surface area contributed by atoms with Crippen molar-refractivity contribution in [2.24, 2.45) is 0 Å². The third-order valence-electron chi connectivity index (χ3n) is 4.09. The Bertz CT molecular complexity index is 781. The van der Waals surface area contributed by atoms with Crippen LogP contribution in [0.2, 0.25) is 6.04 Å². The van der Waals surface area contributed by atoms with Crippen molar-refractivity contribution in [3.05, 3.63) is 65.2 Å². The van der Waals surface area contributed by atoms with Gasteiger partial charge in [0.1, 0.15) is 0 Å². The number of Topliss-reactive ketones (excluding diaryl/α,β-unsaturated/α-hetero) is 2. The highest BCUT2D eigenvalue weighted by Crippen LogP contribution is 2.20. The Kier molecular flexibility index (Phi) is 5.94. The molecule has 4 nitrogen and oxygen atoms in total. The molecule has 2 rings (SSSR count). The summed E-state index contributed by atoms with van der Waals surface area (Å²) >= 11 is 0. The highest BCUT2D eigenvalue weighted by atomic mass is 28.4. The second kappa shape index (κ2) is 7.77. The van der Waals surface area contributed by atoms with Crippen molar-refractivity contribution < 1.29 is 27.2 Å². The Labute approximate surface area is 145 Å². The van der Waals surface area contributed by atoms with Crippen molar-refractivity contribution in [1.29, 1.82) is 0 Å². The summed E-state index contributed by atoms with van der Waals surface area (Å²) in [7, 11) is -0.779. The third-order valence-corrected chi connectivity index (χ3v) is 7.59. The summed E-state index contributed by atoms with van der Waals surface area (Å²) in [4.78, 5) is 25.1. The fourth-order valence-electron chi connectivity index (χ4n) is 2.71. The second-order valence-corrected chi connectivity index (χ2v) is 8.85. The van der Waals surface area contributed by atoms with Crippen LogP contribution in [0.25, 0.3) is 0 Å². The maximum atomic E-state index is 14.6. The van der Waals surface area contributed by atoms with Gasteiger partial charge >= 0.3 is 8.56 Å². The van der Waals surface area contributed by atoms with Crippen molar-refractivity contribution in [2.75, 3.05) is 14.2 Å². The largest absolute Gasteiger partial charge is 0.394 e. The van der Waals surface area contributed by atoms with Gasteiger partial charge in [-0.05, 0) is 18.2 Å². The van der Waals surface area contributed by atoms with Gasteiger partial charge in [0.2, 0.25) is 11.6 Å². The summed E-state index contributed by atoms with van der Waals surface area (Å²) in [5.74, 6) is -4.08. The van der Waals surface area contributed by atoms with Crippen LogP contribution in [0.4, 0.5) is 8.78 Å². The monoisotopic (exact) mass is 364 g/mol. The van der Waals surface area contributed by atoms with E-state index in [2.05, 4.69) is 0 Å². The van der Waals surface area contributed by atoms with Crippen LogP contribution >= 0.6 is 0 Å². The number of hydrogen-bond donors (Lipinski definition) is 0. The molecule has 0 aliphatic heterocycles. The average Bonchev–Trinajstić information content (AvgIpc) is 2.66. The van der Waals surface area contributed by atoms with E-state index in [1.807, 2.05) is 0 Å². The fraction of sp³-hybridized carbons (Fsp3) is 0.222. The fourth-order valence-corrected chi connectivity index (χ4v) is 5.27. The van der Waals surface area contributed by atoms with E-state index in [0.717, 1.165) is 12.1 Å². The first-order chi connectivity index (χ1) is 11.9. The lowest BCUT2D eigenvalue weighted by molar-refractivity contribution is 0.0817. The van der Waals surface area contributed by atoms with Crippen LogP contribution < -0.4 is 5.19 Å². The minimum atomic E-state index is -3.41. The normalized spacial score (nSPS) is 11.4. The van der Waals surface area contributed by atoms with Crippen LogP contribution in [0.5, 0.6) is 0 Å². The van der Waals surface area contributed by atoms with Gasteiger partial charge in [-0.1, -0.05) is 37.3 Å². The van der Waals surface area contributed by atoms with E-state index >= 15 is 0 Å². The molecule has 0 amide bonds. The van der Waals surface area contributed by atoms with Crippen molar-refractivity contribution in [3.8, 4) is 0 Å². The molecule has 0 bridgehead atoms. The van der Waals surface area contributed by atoms with E-state index in [0.29, 0.717) is 0 Å². The maximum absolute atomic E-state index is 14.6. The lowest BCUT2D eigenvalue weighted by Gasteiger charge is -2.28. The van der Waals surface area contributed by atoms with Gasteiger partial charge in [0, 0.05) is 30.5 Å². The molecule has 2 aromatic rings. The van der Waals surface area contributed by atoms with Gasteiger partial charge in [0.15, 0.2) is 11.6 Å². The lowest BCUT2D eigenvalue weighted by atomic mass is 10.0. The summed E-state index contributed by atoms with van der Waals surface area (Å²) < 4.78 is 39.2. The topological polar surface area (TPSA) is 52.6 Å². The molecule has 0 radical (unpaired) electrons. The summed E-state index contributed by atoms with van der Waals surface area (Å²) in [6.45, 7) is 1.69. The molecule has 0 heterocycles. The first kappa shape index (κ1) is 19.1. The Morgan fingerprint density at radius 2 is 1.56 bits per heavy atom. The predicted octanol–water partition coefficient (Wildman–Crippen LogP) is 2.99. The van der Waals surface area contributed by atoms with E-state index in [-0.39, 0.29) is 22.4 Å². The standard InChI is InChI=1S/C18H18F2O4Si/c1-4-25(23-2,24-3)18-13(10-11-14(19)15(18)20)17(22)16(21)12-8-6-5-7-9-12/h5-11H,4H2,1-3H3. The molecule has 0 saturated carbocycles. The van der Waals surface area contributed by atoms with E-state index < -0.39 is 31.8 Å². The first-order valence-corrected chi connectivity index (χ1v) is 9.67. The van der Waals surface area contributed by atoms with Crippen molar-refractivity contribution in [3.63, 3.8) is 0 Å². The van der Waals surface area contributed by atoms with E-state index in [4.69, 9.17) is 8.85 Å². The molecular formula is C18H18F2O4Si. The quantitative estimate of drug-likeness (QED) is 0.431. The van der Waals surface area contributed by atoms with Crippen LogP contribution in [0.3, 0.4) is 0 Å². The zero-order valence-corrected chi connectivity index (χ0v) is 15.1. The van der Waals surface area contributed by atoms with Gasteiger partial charge in [0.05, 0.1) is 0 Å². The third kappa shape index (κ3) is 3.44. The highest BCUT2D eigenvalue weighted by molar-refractivity contribution is 6.82. The number of ketones is 2. The zero-order chi connectivity index (χ0) is 18.6. The smallest absolute Gasteiger partial charge is 0.375 e. The maximum Gasteiger partial charge on any atom is 0.375 e. The molecule has 0 aliphatic rings. The molecular weight excluding hydrogens is 346 g/mol. The Hall–Kier alpha value is -2.22. The Balaban J connectivity index is 2.64. The molecule has 0 N–H and O–H groups in total. The van der Waals surface area contributed by atoms with Crippen LogP contribution in [0.1, 0.15) is 27.6 Å². The molecule has 0 atom stereocenters. The Morgan fingerprint density at radius 1 is 0.960 bits per heavy atom. The van der Waals surface area contributed by atoms with Gasteiger partial charge in [-0.25, -0.2) is 8.78 Å². The van der Waals surface area contributed by atoms with Crippen molar-refractivity contribution >= 4 is 25.3 Å². The molecule has 25 heavy (non-hydrogen) atoms. The molecule has 7 heteroatoms. The lowest BCUT2D eigenvalue weighted by Crippen LogP contribution is -2.56. The second-order valence-electron chi connectivity index (χ2n) is 5.32. The number of halogens is 2. The van der Waals surface area contributed by atoms with Crippen LogP contribution in [-0.4, -0.2) is 34.3 Å². The number of rotatable bonds is 7.